The molecule has 0 bridgehead atoms. The predicted octanol–water partition coefficient (Wildman–Crippen LogP) is 4.66. The highest BCUT2D eigenvalue weighted by Crippen LogP contribution is 2.42. The van der Waals surface area contributed by atoms with Crippen molar-refractivity contribution in [2.75, 3.05) is 0 Å². The molecule has 2 N–H and O–H groups in total. The zero-order valence-electron chi connectivity index (χ0n) is 13.2. The molecule has 1 aromatic rings. The summed E-state index contributed by atoms with van der Waals surface area (Å²) < 4.78 is 0.816. The summed E-state index contributed by atoms with van der Waals surface area (Å²) in [6.45, 7) is 0. The van der Waals surface area contributed by atoms with Gasteiger partial charge in [-0.3, -0.25) is 9.59 Å². The van der Waals surface area contributed by atoms with Crippen molar-refractivity contribution in [1.82, 2.24) is 0 Å². The molecule has 4 nitrogen and oxygen atoms in total. The minimum absolute atomic E-state index is 0.0369. The maximum Gasteiger partial charge on any atom is 0.163 e. The molecule has 2 aliphatic rings. The molecule has 5 heteroatoms. The Bertz CT molecular complexity index is 718. The number of carbonyl (C=O) groups excluding carboxylic acids is 2. The van der Waals surface area contributed by atoms with E-state index in [-0.39, 0.29) is 34.2 Å². The lowest BCUT2D eigenvalue weighted by Crippen LogP contribution is -2.25. The number of benzene rings is 1. The molecule has 126 valence electrons. The van der Waals surface area contributed by atoms with Gasteiger partial charge in [-0.1, -0.05) is 28.1 Å². The van der Waals surface area contributed by atoms with Gasteiger partial charge in [0.2, 0.25) is 0 Å². The number of Topliss-reactive ketones (excluding diaryl/α,β-unsaturated/α-hetero) is 2. The van der Waals surface area contributed by atoms with E-state index < -0.39 is 5.92 Å². The molecule has 0 amide bonds. The van der Waals surface area contributed by atoms with Crippen LogP contribution >= 0.6 is 15.9 Å². The van der Waals surface area contributed by atoms with Gasteiger partial charge in [-0.25, -0.2) is 0 Å². The lowest BCUT2D eigenvalue weighted by atomic mass is 9.74. The normalized spacial score (nSPS) is 19.4. The second kappa shape index (κ2) is 6.93. The molecule has 0 spiro atoms. The van der Waals surface area contributed by atoms with Gasteiger partial charge in [0.25, 0.3) is 0 Å². The smallest absolute Gasteiger partial charge is 0.163 e. The minimum Gasteiger partial charge on any atom is -0.512 e. The van der Waals surface area contributed by atoms with Gasteiger partial charge in [-0.15, -0.1) is 0 Å². The average Bonchev–Trinajstić information content (AvgIpc) is 2.53. The molecule has 0 aliphatic heterocycles. The first kappa shape index (κ1) is 17.0. The fraction of sp³-hybridized carbons (Fsp3) is 0.368. The Hall–Kier alpha value is -1.88. The topological polar surface area (TPSA) is 74.6 Å². The number of allylic oxidation sites excluding steroid dienone is 4. The number of aliphatic hydroxyl groups is 2. The van der Waals surface area contributed by atoms with Crippen molar-refractivity contribution in [3.8, 4) is 0 Å². The lowest BCUT2D eigenvalue weighted by Gasteiger charge is -2.28. The van der Waals surface area contributed by atoms with Crippen molar-refractivity contribution >= 4 is 27.5 Å². The maximum atomic E-state index is 12.5. The van der Waals surface area contributed by atoms with Crippen LogP contribution in [0.25, 0.3) is 0 Å². The van der Waals surface area contributed by atoms with E-state index in [1.165, 1.54) is 0 Å². The number of hydrogen-bond acceptors (Lipinski definition) is 4. The third-order valence-corrected chi connectivity index (χ3v) is 5.11. The molecular weight excluding hydrogens is 372 g/mol. The summed E-state index contributed by atoms with van der Waals surface area (Å²) in [6, 6.07) is 7.32. The SMILES string of the molecule is O=C1CCCC(O)=C1C(C1=C(O)CCCC1=O)c1cccc(Br)c1. The van der Waals surface area contributed by atoms with Gasteiger partial charge in [0.05, 0.1) is 11.5 Å². The van der Waals surface area contributed by atoms with Crippen molar-refractivity contribution in [1.29, 1.82) is 0 Å². The second-order valence-electron chi connectivity index (χ2n) is 6.26. The van der Waals surface area contributed by atoms with Crippen LogP contribution < -0.4 is 0 Å². The predicted molar refractivity (Wildman–Crippen MR) is 93.9 cm³/mol. The standard InChI is InChI=1S/C19H19BrO4/c20-12-5-1-4-11(10-12)17(18-13(21)6-2-7-14(18)22)19-15(23)8-3-9-16(19)24/h1,4-5,10,17,21,23H,2-3,6-9H2. The van der Waals surface area contributed by atoms with Crippen LogP contribution in [0.2, 0.25) is 0 Å². The first-order valence-corrected chi connectivity index (χ1v) is 8.94. The Morgan fingerprint density at radius 2 is 1.42 bits per heavy atom. The largest absolute Gasteiger partial charge is 0.512 e. The maximum absolute atomic E-state index is 12.5. The van der Waals surface area contributed by atoms with Crippen LogP contribution in [0.5, 0.6) is 0 Å². The van der Waals surface area contributed by atoms with Crippen LogP contribution in [-0.4, -0.2) is 21.8 Å². The van der Waals surface area contributed by atoms with E-state index in [0.29, 0.717) is 38.5 Å². The van der Waals surface area contributed by atoms with Crippen LogP contribution in [0.3, 0.4) is 0 Å². The molecule has 1 aromatic carbocycles. The van der Waals surface area contributed by atoms with Gasteiger partial charge in [-0.05, 0) is 30.5 Å². The zero-order valence-corrected chi connectivity index (χ0v) is 14.8. The molecular formula is C19H19BrO4. The van der Waals surface area contributed by atoms with Crippen LogP contribution in [0.4, 0.5) is 0 Å². The molecule has 0 unspecified atom stereocenters. The molecule has 0 aromatic heterocycles. The van der Waals surface area contributed by atoms with Gasteiger partial charge >= 0.3 is 0 Å². The highest BCUT2D eigenvalue weighted by atomic mass is 79.9. The van der Waals surface area contributed by atoms with E-state index in [1.807, 2.05) is 24.3 Å². The molecule has 3 rings (SSSR count). The fourth-order valence-electron chi connectivity index (χ4n) is 3.51. The molecule has 2 aliphatic carbocycles. The van der Waals surface area contributed by atoms with Gasteiger partial charge in [0.1, 0.15) is 0 Å². The second-order valence-corrected chi connectivity index (χ2v) is 7.18. The van der Waals surface area contributed by atoms with Crippen LogP contribution in [0, 0.1) is 0 Å². The zero-order chi connectivity index (χ0) is 17.3. The number of hydrogen-bond donors (Lipinski definition) is 2. The molecule has 24 heavy (non-hydrogen) atoms. The molecule has 0 saturated heterocycles. The lowest BCUT2D eigenvalue weighted by molar-refractivity contribution is -0.117. The molecule has 0 saturated carbocycles. The summed E-state index contributed by atoms with van der Waals surface area (Å²) in [5.41, 5.74) is 1.24. The Morgan fingerprint density at radius 1 is 0.875 bits per heavy atom. The monoisotopic (exact) mass is 390 g/mol. The summed E-state index contributed by atoms with van der Waals surface area (Å²) >= 11 is 3.41. The Balaban J connectivity index is 2.22. The molecule has 0 fully saturated rings. The summed E-state index contributed by atoms with van der Waals surface area (Å²) in [5.74, 6) is -0.933. The summed E-state index contributed by atoms with van der Waals surface area (Å²) in [4.78, 5) is 25.0. The van der Waals surface area contributed by atoms with Gasteiger partial charge in [-0.2, -0.15) is 0 Å². The highest BCUT2D eigenvalue weighted by Gasteiger charge is 2.37. The van der Waals surface area contributed by atoms with Gasteiger partial charge < -0.3 is 10.2 Å². The Kier molecular flexibility index (Phi) is 4.90. The van der Waals surface area contributed by atoms with E-state index in [2.05, 4.69) is 15.9 Å². The number of ketones is 2. The van der Waals surface area contributed by atoms with Gasteiger partial charge in [0.15, 0.2) is 11.6 Å². The van der Waals surface area contributed by atoms with Crippen molar-refractivity contribution in [2.45, 2.75) is 44.4 Å². The van der Waals surface area contributed by atoms with Gasteiger partial charge in [0, 0.05) is 47.2 Å². The number of carbonyl (C=O) groups is 2. The van der Waals surface area contributed by atoms with E-state index in [4.69, 9.17) is 0 Å². The highest BCUT2D eigenvalue weighted by molar-refractivity contribution is 9.10. The Labute approximate surface area is 149 Å². The number of rotatable bonds is 3. The van der Waals surface area contributed by atoms with Crippen LogP contribution in [0.1, 0.15) is 50.0 Å². The number of aliphatic hydroxyl groups excluding tert-OH is 2. The summed E-state index contributed by atoms with van der Waals surface area (Å²) in [7, 11) is 0. The third-order valence-electron chi connectivity index (χ3n) is 4.62. The van der Waals surface area contributed by atoms with E-state index in [1.54, 1.807) is 0 Å². The molecule has 0 heterocycles. The van der Waals surface area contributed by atoms with Crippen molar-refractivity contribution < 1.29 is 19.8 Å². The average molecular weight is 391 g/mol. The van der Waals surface area contributed by atoms with E-state index in [0.717, 1.165) is 10.0 Å². The van der Waals surface area contributed by atoms with E-state index in [9.17, 15) is 19.8 Å². The first-order chi connectivity index (χ1) is 11.5. The summed E-state index contributed by atoms with van der Waals surface area (Å²) in [6.07, 6.45) is 2.77. The molecule has 0 atom stereocenters. The quantitative estimate of drug-likeness (QED) is 0.786. The molecule has 0 radical (unpaired) electrons. The van der Waals surface area contributed by atoms with Crippen LogP contribution in [-0.2, 0) is 9.59 Å². The third kappa shape index (κ3) is 3.18. The van der Waals surface area contributed by atoms with Crippen molar-refractivity contribution in [2.24, 2.45) is 0 Å². The number of halogens is 1. The Morgan fingerprint density at radius 3 is 1.88 bits per heavy atom. The minimum atomic E-state index is -0.705. The van der Waals surface area contributed by atoms with Crippen LogP contribution in [0.15, 0.2) is 51.4 Å². The van der Waals surface area contributed by atoms with Crippen molar-refractivity contribution in [3.63, 3.8) is 0 Å². The van der Waals surface area contributed by atoms with E-state index >= 15 is 0 Å². The summed E-state index contributed by atoms with van der Waals surface area (Å²) in [5, 5.41) is 20.8. The van der Waals surface area contributed by atoms with Crippen molar-refractivity contribution in [3.05, 3.63) is 57.0 Å². The first-order valence-electron chi connectivity index (χ1n) is 8.15. The fourth-order valence-corrected chi connectivity index (χ4v) is 3.93.